The van der Waals surface area contributed by atoms with E-state index in [1.54, 1.807) is 0 Å². The van der Waals surface area contributed by atoms with E-state index in [4.69, 9.17) is 0 Å². The third-order valence-electron chi connectivity index (χ3n) is 1.72. The maximum absolute atomic E-state index is 3.31. The summed E-state index contributed by atoms with van der Waals surface area (Å²) in [6.07, 6.45) is 0. The smallest absolute Gasteiger partial charge is 0.0660 e. The summed E-state index contributed by atoms with van der Waals surface area (Å²) in [6, 6.07) is 0. The van der Waals surface area contributed by atoms with E-state index >= 15 is 0 Å². The van der Waals surface area contributed by atoms with Crippen LogP contribution in [-0.2, 0) is 0 Å². The van der Waals surface area contributed by atoms with Crippen molar-refractivity contribution in [1.82, 2.24) is 15.3 Å². The molecule has 0 aromatic heterocycles. The molecule has 1 aliphatic rings. The third-order valence-corrected chi connectivity index (χ3v) is 1.72. The fourth-order valence-corrected chi connectivity index (χ4v) is 0.997. The van der Waals surface area contributed by atoms with Crippen molar-refractivity contribution in [3.8, 4) is 0 Å². The molecule has 1 aliphatic heterocycles. The van der Waals surface area contributed by atoms with Gasteiger partial charge in [0.05, 0.1) is 13.3 Å². The van der Waals surface area contributed by atoms with Crippen LogP contribution in [-0.4, -0.2) is 35.8 Å². The number of hydrogen-bond acceptors (Lipinski definition) is 3. The second-order valence-corrected chi connectivity index (χ2v) is 3.91. The van der Waals surface area contributed by atoms with E-state index in [-0.39, 0.29) is 5.54 Å². The monoisotopic (exact) mass is 143 g/mol. The molecule has 0 amide bonds. The van der Waals surface area contributed by atoms with Gasteiger partial charge in [-0.05, 0) is 27.8 Å². The number of nitrogens with one attached hydrogen (secondary N) is 1. The zero-order valence-corrected chi connectivity index (χ0v) is 7.31. The first-order chi connectivity index (χ1) is 4.50. The van der Waals surface area contributed by atoms with Crippen LogP contribution in [0.3, 0.4) is 0 Å². The summed E-state index contributed by atoms with van der Waals surface area (Å²) >= 11 is 0. The maximum Gasteiger partial charge on any atom is 0.0660 e. The average molecular weight is 143 g/mol. The van der Waals surface area contributed by atoms with E-state index in [0.29, 0.717) is 0 Å². The van der Waals surface area contributed by atoms with E-state index in [2.05, 4.69) is 43.2 Å². The van der Waals surface area contributed by atoms with Gasteiger partial charge in [0.1, 0.15) is 0 Å². The highest BCUT2D eigenvalue weighted by atomic mass is 15.7. The Balaban J connectivity index is 2.45. The summed E-state index contributed by atoms with van der Waals surface area (Å²) in [5.41, 5.74) is 3.55. The van der Waals surface area contributed by atoms with Crippen LogP contribution in [0.4, 0.5) is 0 Å². The fraction of sp³-hybridized carbons (Fsp3) is 1.00. The summed E-state index contributed by atoms with van der Waals surface area (Å²) in [5.74, 6) is 0. The van der Waals surface area contributed by atoms with Crippen molar-refractivity contribution in [3.05, 3.63) is 0 Å². The largest absolute Gasteiger partial charge is 0.278 e. The van der Waals surface area contributed by atoms with E-state index in [0.717, 1.165) is 13.3 Å². The Morgan fingerprint density at radius 1 is 1.30 bits per heavy atom. The molecular formula is C7H17N3. The van der Waals surface area contributed by atoms with Gasteiger partial charge in [-0.15, -0.1) is 0 Å². The van der Waals surface area contributed by atoms with Crippen molar-refractivity contribution >= 4 is 0 Å². The Morgan fingerprint density at radius 3 is 2.10 bits per heavy atom. The molecule has 0 atom stereocenters. The molecule has 3 nitrogen and oxygen atoms in total. The molecule has 0 radical (unpaired) electrons. The van der Waals surface area contributed by atoms with Crippen LogP contribution in [0.15, 0.2) is 0 Å². The van der Waals surface area contributed by atoms with E-state index in [9.17, 15) is 0 Å². The lowest BCUT2D eigenvalue weighted by molar-refractivity contribution is 0.103. The lowest BCUT2D eigenvalue weighted by atomic mass is 10.1. The van der Waals surface area contributed by atoms with Crippen molar-refractivity contribution in [3.63, 3.8) is 0 Å². The van der Waals surface area contributed by atoms with Crippen LogP contribution in [0.5, 0.6) is 0 Å². The molecule has 1 heterocycles. The highest BCUT2D eigenvalue weighted by Gasteiger charge is 2.26. The Kier molecular flexibility index (Phi) is 1.99. The Hall–Kier alpha value is -0.120. The SMILES string of the molecule is CN1CNN(C(C)(C)C)C1. The van der Waals surface area contributed by atoms with Crippen LogP contribution in [0.2, 0.25) is 0 Å². The predicted octanol–water partition coefficient (Wildman–Crippen LogP) is 0.452. The minimum atomic E-state index is 0.241. The number of rotatable bonds is 0. The highest BCUT2D eigenvalue weighted by Crippen LogP contribution is 2.12. The molecule has 10 heavy (non-hydrogen) atoms. The molecule has 1 rings (SSSR count). The van der Waals surface area contributed by atoms with Crippen LogP contribution in [0.25, 0.3) is 0 Å². The van der Waals surface area contributed by atoms with Gasteiger partial charge in [-0.3, -0.25) is 4.90 Å². The summed E-state index contributed by atoms with van der Waals surface area (Å²) in [6.45, 7) is 8.61. The van der Waals surface area contributed by atoms with Gasteiger partial charge in [-0.25, -0.2) is 10.4 Å². The van der Waals surface area contributed by atoms with Gasteiger partial charge in [-0.2, -0.15) is 0 Å². The van der Waals surface area contributed by atoms with Gasteiger partial charge in [0.15, 0.2) is 0 Å². The molecule has 60 valence electrons. The topological polar surface area (TPSA) is 18.5 Å². The van der Waals surface area contributed by atoms with Crippen LogP contribution in [0, 0.1) is 0 Å². The van der Waals surface area contributed by atoms with Crippen LogP contribution >= 0.6 is 0 Å². The molecule has 0 saturated carbocycles. The number of nitrogens with zero attached hydrogens (tertiary/aromatic N) is 2. The summed E-state index contributed by atoms with van der Waals surface area (Å²) in [4.78, 5) is 2.24. The summed E-state index contributed by atoms with van der Waals surface area (Å²) in [7, 11) is 2.11. The lowest BCUT2D eigenvalue weighted by Gasteiger charge is -2.30. The Morgan fingerprint density at radius 2 is 1.90 bits per heavy atom. The van der Waals surface area contributed by atoms with Crippen molar-refractivity contribution < 1.29 is 0 Å². The normalized spacial score (nSPS) is 24.0. The first-order valence-electron chi connectivity index (χ1n) is 3.70. The zero-order chi connectivity index (χ0) is 7.78. The van der Waals surface area contributed by atoms with Crippen molar-refractivity contribution in [2.45, 2.75) is 26.3 Å². The van der Waals surface area contributed by atoms with Gasteiger partial charge < -0.3 is 0 Å². The van der Waals surface area contributed by atoms with Crippen LogP contribution in [0.1, 0.15) is 20.8 Å². The average Bonchev–Trinajstić information content (AvgIpc) is 2.11. The highest BCUT2D eigenvalue weighted by molar-refractivity contribution is 4.75. The second kappa shape index (κ2) is 2.49. The van der Waals surface area contributed by atoms with Crippen molar-refractivity contribution in [1.29, 1.82) is 0 Å². The van der Waals surface area contributed by atoms with Gasteiger partial charge in [0.2, 0.25) is 0 Å². The molecule has 1 N–H and O–H groups in total. The first-order valence-corrected chi connectivity index (χ1v) is 3.70. The van der Waals surface area contributed by atoms with Gasteiger partial charge >= 0.3 is 0 Å². The molecule has 0 aromatic carbocycles. The van der Waals surface area contributed by atoms with Crippen molar-refractivity contribution in [2.75, 3.05) is 20.4 Å². The minimum Gasteiger partial charge on any atom is -0.278 e. The van der Waals surface area contributed by atoms with E-state index < -0.39 is 0 Å². The first kappa shape index (κ1) is 7.98. The van der Waals surface area contributed by atoms with Gasteiger partial charge in [0, 0.05) is 5.54 Å². The Labute approximate surface area is 63.0 Å². The second-order valence-electron chi connectivity index (χ2n) is 3.91. The molecular weight excluding hydrogens is 126 g/mol. The number of hydrazine groups is 1. The molecule has 0 unspecified atom stereocenters. The molecule has 0 spiro atoms. The Bertz CT molecular complexity index is 117. The van der Waals surface area contributed by atoms with Crippen LogP contribution < -0.4 is 5.43 Å². The van der Waals surface area contributed by atoms with Gasteiger partial charge in [-0.1, -0.05) is 0 Å². The summed E-state index contributed by atoms with van der Waals surface area (Å²) < 4.78 is 0. The standard InChI is InChI=1S/C7H17N3/c1-7(2,3)10-6-9(4)5-8-10/h8H,5-6H2,1-4H3. The van der Waals surface area contributed by atoms with E-state index in [1.807, 2.05) is 0 Å². The summed E-state index contributed by atoms with van der Waals surface area (Å²) in [5, 5.41) is 2.24. The predicted molar refractivity (Wildman–Crippen MR) is 42.2 cm³/mol. The molecule has 3 heteroatoms. The third kappa shape index (κ3) is 1.68. The maximum atomic E-state index is 3.31. The molecule has 0 aliphatic carbocycles. The fourth-order valence-electron chi connectivity index (χ4n) is 0.997. The minimum absolute atomic E-state index is 0.241. The molecule has 0 bridgehead atoms. The molecule has 1 saturated heterocycles. The quantitative estimate of drug-likeness (QED) is 0.531. The van der Waals surface area contributed by atoms with Gasteiger partial charge in [0.25, 0.3) is 0 Å². The molecule has 1 fully saturated rings. The number of hydrogen-bond donors (Lipinski definition) is 1. The molecule has 0 aromatic rings. The van der Waals surface area contributed by atoms with Crippen molar-refractivity contribution in [2.24, 2.45) is 0 Å². The zero-order valence-electron chi connectivity index (χ0n) is 7.31. The van der Waals surface area contributed by atoms with E-state index in [1.165, 1.54) is 0 Å². The lowest BCUT2D eigenvalue weighted by Crippen LogP contribution is -2.46.